The molecule has 2 rings (SSSR count). The number of hydrogen-bond acceptors (Lipinski definition) is 5. The molecule has 2 N–H and O–H groups in total. The predicted molar refractivity (Wildman–Crippen MR) is 85.1 cm³/mol. The topological polar surface area (TPSA) is 75.6 Å². The molecule has 0 radical (unpaired) electrons. The minimum atomic E-state index is -3.56. The van der Waals surface area contributed by atoms with Gasteiger partial charge in [-0.2, -0.15) is 0 Å². The Morgan fingerprint density at radius 2 is 1.95 bits per heavy atom. The first-order valence-electron chi connectivity index (χ1n) is 6.08. The molecule has 0 saturated heterocycles. The molecule has 114 valence electrons. The normalized spacial score (nSPS) is 11.5. The predicted octanol–water partition coefficient (Wildman–Crippen LogP) is 2.36. The zero-order valence-corrected chi connectivity index (χ0v) is 14.2. The highest BCUT2D eigenvalue weighted by Gasteiger charge is 2.14. The first-order chi connectivity index (χ1) is 10.0. The molecule has 0 aliphatic carbocycles. The van der Waals surface area contributed by atoms with Crippen molar-refractivity contribution in [1.29, 1.82) is 0 Å². The largest absolute Gasteiger partial charge is 0.491 e. The number of thiophene rings is 1. The van der Waals surface area contributed by atoms with Crippen LogP contribution >= 0.6 is 27.3 Å². The van der Waals surface area contributed by atoms with Crippen LogP contribution in [0, 0.1) is 0 Å². The molecule has 0 atom stereocenters. The minimum Gasteiger partial charge on any atom is -0.491 e. The summed E-state index contributed by atoms with van der Waals surface area (Å²) in [7, 11) is -3.56. The maximum absolute atomic E-state index is 12.2. The van der Waals surface area contributed by atoms with Gasteiger partial charge in [-0.25, -0.2) is 13.1 Å². The van der Waals surface area contributed by atoms with Crippen LogP contribution in [0.15, 0.2) is 45.1 Å². The van der Waals surface area contributed by atoms with Crippen molar-refractivity contribution in [2.24, 2.45) is 0 Å². The molecule has 21 heavy (non-hydrogen) atoms. The quantitative estimate of drug-likeness (QED) is 0.759. The molecule has 8 heteroatoms. The summed E-state index contributed by atoms with van der Waals surface area (Å²) >= 11 is 4.84. The van der Waals surface area contributed by atoms with Gasteiger partial charge in [0.2, 0.25) is 10.0 Å². The van der Waals surface area contributed by atoms with Crippen molar-refractivity contribution in [2.75, 3.05) is 13.2 Å². The van der Waals surface area contributed by atoms with E-state index >= 15 is 0 Å². The molecular weight excluding hydrogens is 378 g/mol. The van der Waals surface area contributed by atoms with E-state index in [1.54, 1.807) is 12.1 Å². The number of ether oxygens (including phenoxy) is 1. The van der Waals surface area contributed by atoms with Crippen LogP contribution in [0.25, 0.3) is 0 Å². The van der Waals surface area contributed by atoms with Gasteiger partial charge in [-0.1, -0.05) is 0 Å². The highest BCUT2D eigenvalue weighted by atomic mass is 79.9. The molecule has 1 aromatic carbocycles. The fourth-order valence-electron chi connectivity index (χ4n) is 1.57. The Kier molecular flexibility index (Phi) is 5.77. The lowest BCUT2D eigenvalue weighted by Gasteiger charge is -2.08. The summed E-state index contributed by atoms with van der Waals surface area (Å²) in [5.41, 5.74) is 0. The summed E-state index contributed by atoms with van der Waals surface area (Å²) < 4.78 is 33.0. The van der Waals surface area contributed by atoms with Crippen LogP contribution in [0.3, 0.4) is 0 Å². The van der Waals surface area contributed by atoms with Gasteiger partial charge in [0.15, 0.2) is 0 Å². The van der Waals surface area contributed by atoms with Gasteiger partial charge in [0.25, 0.3) is 0 Å². The lowest BCUT2D eigenvalue weighted by Crippen LogP contribution is -2.22. The van der Waals surface area contributed by atoms with Crippen LogP contribution in [0.5, 0.6) is 5.75 Å². The number of aliphatic hydroxyl groups excluding tert-OH is 1. The SMILES string of the molecule is O=S(=O)(NCc1sccc1Br)c1ccc(OCCO)cc1. The Balaban J connectivity index is 2.03. The van der Waals surface area contributed by atoms with Crippen LogP contribution in [0.4, 0.5) is 0 Å². The summed E-state index contributed by atoms with van der Waals surface area (Å²) in [6.07, 6.45) is 0. The van der Waals surface area contributed by atoms with Crippen molar-refractivity contribution in [3.8, 4) is 5.75 Å². The molecular formula is C13H14BrNO4S2. The maximum atomic E-state index is 12.2. The molecule has 0 saturated carbocycles. The molecule has 0 unspecified atom stereocenters. The van der Waals surface area contributed by atoms with Crippen LogP contribution in [-0.4, -0.2) is 26.7 Å². The second-order valence-electron chi connectivity index (χ2n) is 4.06. The van der Waals surface area contributed by atoms with Crippen molar-refractivity contribution < 1.29 is 18.3 Å². The van der Waals surface area contributed by atoms with E-state index < -0.39 is 10.0 Å². The zero-order chi connectivity index (χ0) is 15.3. The van der Waals surface area contributed by atoms with Gasteiger partial charge in [-0.05, 0) is 51.6 Å². The van der Waals surface area contributed by atoms with Gasteiger partial charge in [-0.3, -0.25) is 0 Å². The summed E-state index contributed by atoms with van der Waals surface area (Å²) in [6, 6.07) is 7.94. The monoisotopic (exact) mass is 391 g/mol. The first-order valence-corrected chi connectivity index (χ1v) is 9.24. The molecule has 1 aromatic heterocycles. The van der Waals surface area contributed by atoms with E-state index in [0.717, 1.165) is 9.35 Å². The standard InChI is InChI=1S/C13H14BrNO4S2/c14-12-5-8-20-13(12)9-15-21(17,18)11-3-1-10(2-4-11)19-7-6-16/h1-5,8,15-16H,6-7,9H2. The Hall–Kier alpha value is -0.930. The zero-order valence-electron chi connectivity index (χ0n) is 11.0. The average molecular weight is 392 g/mol. The molecule has 0 bridgehead atoms. The van der Waals surface area contributed by atoms with Crippen LogP contribution in [-0.2, 0) is 16.6 Å². The third-order valence-electron chi connectivity index (χ3n) is 2.61. The van der Waals surface area contributed by atoms with Crippen molar-refractivity contribution in [1.82, 2.24) is 4.72 Å². The van der Waals surface area contributed by atoms with E-state index in [-0.39, 0.29) is 24.7 Å². The second kappa shape index (κ2) is 7.37. The molecule has 0 aliphatic heterocycles. The molecule has 0 amide bonds. The summed E-state index contributed by atoms with van der Waals surface area (Å²) in [6.45, 7) is 0.331. The molecule has 0 spiro atoms. The highest BCUT2D eigenvalue weighted by Crippen LogP contribution is 2.23. The van der Waals surface area contributed by atoms with Crippen molar-refractivity contribution in [2.45, 2.75) is 11.4 Å². The van der Waals surface area contributed by atoms with Crippen molar-refractivity contribution in [3.05, 3.63) is 45.1 Å². The first kappa shape index (κ1) is 16.4. The van der Waals surface area contributed by atoms with Gasteiger partial charge in [0.05, 0.1) is 11.5 Å². The van der Waals surface area contributed by atoms with Crippen LogP contribution in [0.1, 0.15) is 4.88 Å². The van der Waals surface area contributed by atoms with E-state index in [9.17, 15) is 8.42 Å². The number of sulfonamides is 1. The van der Waals surface area contributed by atoms with Gasteiger partial charge in [0, 0.05) is 15.9 Å². The number of benzene rings is 1. The Bertz CT molecular complexity index is 682. The molecule has 5 nitrogen and oxygen atoms in total. The van der Waals surface area contributed by atoms with Gasteiger partial charge in [0.1, 0.15) is 12.4 Å². The third kappa shape index (κ3) is 4.52. The smallest absolute Gasteiger partial charge is 0.240 e. The minimum absolute atomic E-state index is 0.0860. The van der Waals surface area contributed by atoms with Crippen molar-refractivity contribution in [3.63, 3.8) is 0 Å². The third-order valence-corrected chi connectivity index (χ3v) is 5.95. The Labute approximate surface area is 135 Å². The Morgan fingerprint density at radius 3 is 2.52 bits per heavy atom. The maximum Gasteiger partial charge on any atom is 0.240 e. The molecule has 0 aliphatic rings. The highest BCUT2D eigenvalue weighted by molar-refractivity contribution is 9.10. The Morgan fingerprint density at radius 1 is 1.24 bits per heavy atom. The van der Waals surface area contributed by atoms with Crippen LogP contribution < -0.4 is 9.46 Å². The van der Waals surface area contributed by atoms with Crippen LogP contribution in [0.2, 0.25) is 0 Å². The number of rotatable bonds is 7. The summed E-state index contributed by atoms with van der Waals surface area (Å²) in [4.78, 5) is 1.09. The summed E-state index contributed by atoms with van der Waals surface area (Å²) in [5.74, 6) is 0.518. The van der Waals surface area contributed by atoms with E-state index in [4.69, 9.17) is 9.84 Å². The number of halogens is 1. The van der Waals surface area contributed by atoms with E-state index in [1.807, 2.05) is 11.4 Å². The average Bonchev–Trinajstić information content (AvgIpc) is 2.89. The lowest BCUT2D eigenvalue weighted by molar-refractivity contribution is 0.201. The number of aliphatic hydroxyl groups is 1. The fourth-order valence-corrected chi connectivity index (χ4v) is 4.09. The van der Waals surface area contributed by atoms with E-state index in [2.05, 4.69) is 20.7 Å². The lowest BCUT2D eigenvalue weighted by atomic mass is 10.3. The van der Waals surface area contributed by atoms with Crippen molar-refractivity contribution >= 4 is 37.3 Å². The van der Waals surface area contributed by atoms with E-state index in [0.29, 0.717) is 5.75 Å². The fraction of sp³-hybridized carbons (Fsp3) is 0.231. The number of nitrogens with one attached hydrogen (secondary N) is 1. The second-order valence-corrected chi connectivity index (χ2v) is 7.68. The van der Waals surface area contributed by atoms with Gasteiger partial charge < -0.3 is 9.84 Å². The van der Waals surface area contributed by atoms with Gasteiger partial charge >= 0.3 is 0 Å². The van der Waals surface area contributed by atoms with E-state index in [1.165, 1.54) is 23.5 Å². The molecule has 1 heterocycles. The molecule has 0 fully saturated rings. The summed E-state index contributed by atoms with van der Waals surface area (Å²) in [5, 5.41) is 10.6. The number of hydrogen-bond donors (Lipinski definition) is 2. The van der Waals surface area contributed by atoms with Gasteiger partial charge in [-0.15, -0.1) is 11.3 Å². The molecule has 2 aromatic rings.